The maximum atomic E-state index is 8.84. The maximum absolute atomic E-state index is 8.84. The van der Waals surface area contributed by atoms with Crippen LogP contribution >= 0.6 is 0 Å². The van der Waals surface area contributed by atoms with Crippen molar-refractivity contribution in [2.45, 2.75) is 26.0 Å². The van der Waals surface area contributed by atoms with E-state index in [1.54, 1.807) is 6.33 Å². The van der Waals surface area contributed by atoms with Crippen molar-refractivity contribution in [1.29, 1.82) is 5.26 Å². The van der Waals surface area contributed by atoms with Crippen LogP contribution in [0.5, 0.6) is 0 Å². The highest BCUT2D eigenvalue weighted by atomic mass is 16.5. The van der Waals surface area contributed by atoms with Crippen molar-refractivity contribution in [3.8, 4) is 6.07 Å². The van der Waals surface area contributed by atoms with Gasteiger partial charge in [-0.3, -0.25) is 0 Å². The van der Waals surface area contributed by atoms with Crippen LogP contribution in [0.1, 0.15) is 17.8 Å². The van der Waals surface area contributed by atoms with Gasteiger partial charge in [0.25, 0.3) is 0 Å². The zero-order valence-electron chi connectivity index (χ0n) is 7.53. The minimum Gasteiger partial charge on any atom is -0.376 e. The number of aromatic nitrogens is 2. The second-order valence-electron chi connectivity index (χ2n) is 3.22. The van der Waals surface area contributed by atoms with Gasteiger partial charge in [0.2, 0.25) is 0 Å². The molecule has 4 heteroatoms. The van der Waals surface area contributed by atoms with Gasteiger partial charge in [-0.2, -0.15) is 5.26 Å². The Kier molecular flexibility index (Phi) is 2.03. The van der Waals surface area contributed by atoms with E-state index in [0.717, 1.165) is 25.3 Å². The average Bonchev–Trinajstić information content (AvgIpc) is 2.39. The molecule has 0 saturated carbocycles. The van der Waals surface area contributed by atoms with Gasteiger partial charge in [0.05, 0.1) is 24.7 Å². The number of rotatable bonds is 2. The van der Waals surface area contributed by atoms with Gasteiger partial charge < -0.3 is 9.30 Å². The van der Waals surface area contributed by atoms with Gasteiger partial charge in [0, 0.05) is 6.61 Å². The second kappa shape index (κ2) is 3.19. The van der Waals surface area contributed by atoms with E-state index in [9.17, 15) is 0 Å². The molecule has 0 radical (unpaired) electrons. The van der Waals surface area contributed by atoms with Crippen molar-refractivity contribution in [2.75, 3.05) is 6.61 Å². The smallest absolute Gasteiger partial charge is 0.142 e. The standard InChI is InChI=1S/C9H11N3O/c1-7-9(4-10)12(6-11-7)5-8-2-3-13-8/h6,8H,2-3,5H2,1H3. The van der Waals surface area contributed by atoms with Crippen molar-refractivity contribution in [2.24, 2.45) is 0 Å². The van der Waals surface area contributed by atoms with Gasteiger partial charge in [-0.1, -0.05) is 0 Å². The molecule has 0 aromatic carbocycles. The molecule has 1 atom stereocenters. The number of imidazole rings is 1. The van der Waals surface area contributed by atoms with Crippen LogP contribution in [0.4, 0.5) is 0 Å². The van der Waals surface area contributed by atoms with Gasteiger partial charge in [-0.05, 0) is 13.3 Å². The zero-order chi connectivity index (χ0) is 9.26. The van der Waals surface area contributed by atoms with E-state index in [-0.39, 0.29) is 6.10 Å². The van der Waals surface area contributed by atoms with Crippen LogP contribution in [0.2, 0.25) is 0 Å². The van der Waals surface area contributed by atoms with Gasteiger partial charge in [-0.15, -0.1) is 0 Å². The molecule has 1 aliphatic heterocycles. The third-order valence-electron chi connectivity index (χ3n) is 2.32. The first-order valence-electron chi connectivity index (χ1n) is 4.34. The SMILES string of the molecule is Cc1ncn(CC2CCO2)c1C#N. The van der Waals surface area contributed by atoms with Crippen LogP contribution in [-0.2, 0) is 11.3 Å². The van der Waals surface area contributed by atoms with E-state index < -0.39 is 0 Å². The summed E-state index contributed by atoms with van der Waals surface area (Å²) in [7, 11) is 0. The summed E-state index contributed by atoms with van der Waals surface area (Å²) in [5, 5.41) is 8.84. The molecule has 1 fully saturated rings. The molecule has 0 bridgehead atoms. The fourth-order valence-corrected chi connectivity index (χ4v) is 1.41. The van der Waals surface area contributed by atoms with E-state index in [0.29, 0.717) is 5.69 Å². The largest absolute Gasteiger partial charge is 0.376 e. The molecule has 13 heavy (non-hydrogen) atoms. The molecule has 1 unspecified atom stereocenters. The van der Waals surface area contributed by atoms with Crippen LogP contribution in [-0.4, -0.2) is 22.3 Å². The van der Waals surface area contributed by atoms with Crippen LogP contribution < -0.4 is 0 Å². The Morgan fingerprint density at radius 1 is 1.85 bits per heavy atom. The predicted octanol–water partition coefficient (Wildman–Crippen LogP) is 0.852. The van der Waals surface area contributed by atoms with E-state index in [2.05, 4.69) is 11.1 Å². The average molecular weight is 177 g/mol. The molecular formula is C9H11N3O. The molecule has 2 heterocycles. The second-order valence-corrected chi connectivity index (χ2v) is 3.22. The molecule has 1 saturated heterocycles. The van der Waals surface area contributed by atoms with E-state index >= 15 is 0 Å². The minimum absolute atomic E-state index is 0.278. The zero-order valence-corrected chi connectivity index (χ0v) is 7.53. The summed E-state index contributed by atoms with van der Waals surface area (Å²) in [6.07, 6.45) is 3.07. The molecule has 1 aromatic heterocycles. The van der Waals surface area contributed by atoms with Gasteiger partial charge >= 0.3 is 0 Å². The summed E-state index contributed by atoms with van der Waals surface area (Å²) >= 11 is 0. The number of aryl methyl sites for hydroxylation is 1. The normalized spacial score (nSPS) is 20.8. The minimum atomic E-state index is 0.278. The Hall–Kier alpha value is -1.34. The number of nitrogens with zero attached hydrogens (tertiary/aromatic N) is 3. The molecule has 2 rings (SSSR count). The Labute approximate surface area is 76.8 Å². The van der Waals surface area contributed by atoms with Crippen molar-refractivity contribution in [3.05, 3.63) is 17.7 Å². The molecule has 1 aliphatic rings. The molecule has 0 aliphatic carbocycles. The lowest BCUT2D eigenvalue weighted by molar-refractivity contribution is -0.0593. The number of nitriles is 1. The number of hydrogen-bond acceptors (Lipinski definition) is 3. The first-order valence-corrected chi connectivity index (χ1v) is 4.34. The highest BCUT2D eigenvalue weighted by molar-refractivity contribution is 5.25. The van der Waals surface area contributed by atoms with E-state index in [1.807, 2.05) is 11.5 Å². The summed E-state index contributed by atoms with van der Waals surface area (Å²) in [6, 6.07) is 2.14. The molecular weight excluding hydrogens is 166 g/mol. The van der Waals surface area contributed by atoms with Crippen molar-refractivity contribution in [3.63, 3.8) is 0 Å². The lowest BCUT2D eigenvalue weighted by Gasteiger charge is -2.26. The van der Waals surface area contributed by atoms with Crippen molar-refractivity contribution < 1.29 is 4.74 Å². The highest BCUT2D eigenvalue weighted by Gasteiger charge is 2.20. The van der Waals surface area contributed by atoms with Gasteiger partial charge in [0.1, 0.15) is 11.8 Å². The maximum Gasteiger partial charge on any atom is 0.142 e. The summed E-state index contributed by atoms with van der Waals surface area (Å²) in [5.74, 6) is 0. The fraction of sp³-hybridized carbons (Fsp3) is 0.556. The number of ether oxygens (including phenoxy) is 1. The number of hydrogen-bond donors (Lipinski definition) is 0. The lowest BCUT2D eigenvalue weighted by atomic mass is 10.2. The van der Waals surface area contributed by atoms with Crippen LogP contribution in [0, 0.1) is 18.3 Å². The van der Waals surface area contributed by atoms with Crippen LogP contribution in [0.15, 0.2) is 6.33 Å². The quantitative estimate of drug-likeness (QED) is 0.673. The van der Waals surface area contributed by atoms with Crippen LogP contribution in [0.3, 0.4) is 0 Å². The van der Waals surface area contributed by atoms with Gasteiger partial charge in [-0.25, -0.2) is 4.98 Å². The molecule has 1 aromatic rings. The topological polar surface area (TPSA) is 50.8 Å². The van der Waals surface area contributed by atoms with Gasteiger partial charge in [0.15, 0.2) is 0 Å². The monoisotopic (exact) mass is 177 g/mol. The van der Waals surface area contributed by atoms with Crippen molar-refractivity contribution in [1.82, 2.24) is 9.55 Å². The third-order valence-corrected chi connectivity index (χ3v) is 2.32. The lowest BCUT2D eigenvalue weighted by Crippen LogP contribution is -2.31. The Bertz CT molecular complexity index is 346. The molecule has 0 amide bonds. The van der Waals surface area contributed by atoms with E-state index in [1.165, 1.54) is 0 Å². The molecule has 68 valence electrons. The predicted molar refractivity (Wildman–Crippen MR) is 46.0 cm³/mol. The highest BCUT2D eigenvalue weighted by Crippen LogP contribution is 2.15. The fourth-order valence-electron chi connectivity index (χ4n) is 1.41. The summed E-state index contributed by atoms with van der Waals surface area (Å²) in [5.41, 5.74) is 1.44. The first-order chi connectivity index (χ1) is 6.31. The first kappa shape index (κ1) is 8.27. The Balaban J connectivity index is 2.15. The van der Waals surface area contributed by atoms with E-state index in [4.69, 9.17) is 10.00 Å². The Morgan fingerprint density at radius 2 is 2.62 bits per heavy atom. The third kappa shape index (κ3) is 1.43. The molecule has 4 nitrogen and oxygen atoms in total. The summed E-state index contributed by atoms with van der Waals surface area (Å²) in [4.78, 5) is 4.08. The van der Waals surface area contributed by atoms with Crippen molar-refractivity contribution >= 4 is 0 Å². The van der Waals surface area contributed by atoms with Crippen LogP contribution in [0.25, 0.3) is 0 Å². The Morgan fingerprint density at radius 3 is 3.15 bits per heavy atom. The summed E-state index contributed by atoms with van der Waals surface area (Å²) in [6.45, 7) is 3.45. The molecule has 0 N–H and O–H groups in total. The molecule has 0 spiro atoms. The summed E-state index contributed by atoms with van der Waals surface area (Å²) < 4.78 is 7.15.